The van der Waals surface area contributed by atoms with Crippen LogP contribution in [0, 0.1) is 26.6 Å². The third-order valence-corrected chi connectivity index (χ3v) is 6.00. The minimum Gasteiger partial charge on any atom is -0.343 e. The van der Waals surface area contributed by atoms with Crippen molar-refractivity contribution in [3.05, 3.63) is 82.2 Å². The maximum Gasteiger partial charge on any atom is 0.272 e. The number of carbonyl (C=O) groups excluding carboxylic acids is 3. The van der Waals surface area contributed by atoms with Gasteiger partial charge in [0.15, 0.2) is 0 Å². The summed E-state index contributed by atoms with van der Waals surface area (Å²) in [5.41, 5.74) is 2.42. The largest absolute Gasteiger partial charge is 0.343 e. The highest BCUT2D eigenvalue weighted by Crippen LogP contribution is 2.28. The van der Waals surface area contributed by atoms with Crippen LogP contribution in [-0.2, 0) is 17.3 Å². The molecule has 2 aromatic heterocycles. The van der Waals surface area contributed by atoms with E-state index in [9.17, 15) is 18.8 Å². The average Bonchev–Trinajstić information content (AvgIpc) is 2.98. The minimum absolute atomic E-state index is 0.00694. The molecule has 0 unspecified atom stereocenters. The van der Waals surface area contributed by atoms with E-state index in [1.165, 1.54) is 18.2 Å². The highest BCUT2D eigenvalue weighted by molar-refractivity contribution is 6.44. The Morgan fingerprint density at radius 2 is 1.79 bits per heavy atom. The third kappa shape index (κ3) is 4.77. The summed E-state index contributed by atoms with van der Waals surface area (Å²) in [7, 11) is 1.67. The van der Waals surface area contributed by atoms with Crippen molar-refractivity contribution in [1.29, 1.82) is 0 Å². The quantitative estimate of drug-likeness (QED) is 0.413. The van der Waals surface area contributed by atoms with Crippen molar-refractivity contribution < 1.29 is 18.8 Å². The maximum atomic E-state index is 13.5. The molecule has 3 aromatic rings. The number of hydrogen-bond acceptors (Lipinski definition) is 4. The fourth-order valence-electron chi connectivity index (χ4n) is 4.02. The molecule has 0 spiro atoms. The zero-order chi connectivity index (χ0) is 24.5. The summed E-state index contributed by atoms with van der Waals surface area (Å²) < 4.78 is 15.1. The van der Waals surface area contributed by atoms with E-state index in [-0.39, 0.29) is 23.5 Å². The average molecular weight is 450 g/mol. The van der Waals surface area contributed by atoms with Crippen LogP contribution >= 0.6 is 0 Å². The van der Waals surface area contributed by atoms with E-state index in [0.29, 0.717) is 22.5 Å². The Labute approximate surface area is 192 Å². The number of aromatic nitrogens is 2. The van der Waals surface area contributed by atoms with Gasteiger partial charge in [0.05, 0.1) is 5.56 Å². The topological polar surface area (TPSA) is 81.1 Å². The molecule has 7 heteroatoms. The Bertz CT molecular complexity index is 1240. The number of hydrogen-bond donors (Lipinski definition) is 1. The molecule has 33 heavy (non-hydrogen) atoms. The molecular formula is C26H28FN3O3. The zero-order valence-electron chi connectivity index (χ0n) is 19.7. The Kier molecular flexibility index (Phi) is 6.63. The molecular weight excluding hydrogens is 421 g/mol. The van der Waals surface area contributed by atoms with Crippen molar-refractivity contribution in [2.45, 2.75) is 46.5 Å². The van der Waals surface area contributed by atoms with Gasteiger partial charge in [-0.05, 0) is 62.2 Å². The SMILES string of the molecule is Cc1cc(NC(=O)c2c(C)c(C(=O)C(=O)CC(C)(C)c3ccccn3)c(C)n2C)ccc1F. The number of aryl methyl sites for hydroxylation is 1. The number of nitrogens with zero attached hydrogens (tertiary/aromatic N) is 2. The summed E-state index contributed by atoms with van der Waals surface area (Å²) >= 11 is 0. The third-order valence-electron chi connectivity index (χ3n) is 6.00. The highest BCUT2D eigenvalue weighted by atomic mass is 19.1. The molecule has 0 radical (unpaired) electrons. The van der Waals surface area contributed by atoms with Crippen molar-refractivity contribution in [1.82, 2.24) is 9.55 Å². The maximum absolute atomic E-state index is 13.5. The van der Waals surface area contributed by atoms with E-state index >= 15 is 0 Å². The molecule has 0 aliphatic heterocycles. The molecule has 0 saturated heterocycles. The number of benzene rings is 1. The van der Waals surface area contributed by atoms with Gasteiger partial charge in [-0.2, -0.15) is 0 Å². The predicted molar refractivity (Wildman–Crippen MR) is 125 cm³/mol. The standard InChI is InChI=1S/C26H28FN3O3/c1-15-13-18(10-11-19(15)27)29-25(33)23-16(2)22(17(3)30(23)6)24(32)20(31)14-26(4,5)21-9-7-8-12-28-21/h7-13H,14H2,1-6H3,(H,29,33). The lowest BCUT2D eigenvalue weighted by Gasteiger charge is -2.22. The monoisotopic (exact) mass is 449 g/mol. The molecule has 0 aliphatic rings. The number of Topliss-reactive ketones (excluding diaryl/α,β-unsaturated/α-hetero) is 2. The molecule has 0 fully saturated rings. The van der Waals surface area contributed by atoms with E-state index in [1.54, 1.807) is 44.6 Å². The molecule has 1 amide bonds. The molecule has 0 atom stereocenters. The molecule has 0 bridgehead atoms. The highest BCUT2D eigenvalue weighted by Gasteiger charge is 2.33. The van der Waals surface area contributed by atoms with Crippen LogP contribution in [-0.4, -0.2) is 27.0 Å². The Morgan fingerprint density at radius 1 is 1.09 bits per heavy atom. The number of halogens is 1. The summed E-state index contributed by atoms with van der Waals surface area (Å²) in [5.74, 6) is -1.96. The summed E-state index contributed by atoms with van der Waals surface area (Å²) in [6, 6.07) is 9.76. The van der Waals surface area contributed by atoms with Crippen molar-refractivity contribution >= 4 is 23.2 Å². The molecule has 6 nitrogen and oxygen atoms in total. The van der Waals surface area contributed by atoms with Gasteiger partial charge in [-0.1, -0.05) is 19.9 Å². The van der Waals surface area contributed by atoms with Gasteiger partial charge in [-0.15, -0.1) is 0 Å². The van der Waals surface area contributed by atoms with Gasteiger partial charge in [0.2, 0.25) is 11.6 Å². The molecule has 0 saturated carbocycles. The Morgan fingerprint density at radius 3 is 2.39 bits per heavy atom. The van der Waals surface area contributed by atoms with Crippen LogP contribution in [0.5, 0.6) is 0 Å². The number of ketones is 2. The van der Waals surface area contributed by atoms with Crippen LogP contribution in [0.1, 0.15) is 63.6 Å². The van der Waals surface area contributed by atoms with Gasteiger partial charge < -0.3 is 9.88 Å². The van der Waals surface area contributed by atoms with Crippen LogP contribution in [0.4, 0.5) is 10.1 Å². The summed E-state index contributed by atoms with van der Waals surface area (Å²) in [6.07, 6.45) is 1.65. The Hall–Kier alpha value is -3.61. The van der Waals surface area contributed by atoms with Crippen molar-refractivity contribution in [3.63, 3.8) is 0 Å². The van der Waals surface area contributed by atoms with Crippen molar-refractivity contribution in [2.24, 2.45) is 7.05 Å². The van der Waals surface area contributed by atoms with Gasteiger partial charge in [0, 0.05) is 42.2 Å². The first-order valence-electron chi connectivity index (χ1n) is 10.7. The number of anilines is 1. The van der Waals surface area contributed by atoms with E-state index < -0.39 is 22.9 Å². The lowest BCUT2D eigenvalue weighted by Crippen LogP contribution is -2.27. The second-order valence-corrected chi connectivity index (χ2v) is 8.94. The number of rotatable bonds is 7. The molecule has 2 heterocycles. The molecule has 1 aromatic carbocycles. The van der Waals surface area contributed by atoms with Gasteiger partial charge >= 0.3 is 0 Å². The van der Waals surface area contributed by atoms with E-state index in [1.807, 2.05) is 26.0 Å². The molecule has 3 rings (SSSR count). The smallest absolute Gasteiger partial charge is 0.272 e. The Balaban J connectivity index is 1.87. The first-order chi connectivity index (χ1) is 15.4. The van der Waals surface area contributed by atoms with Gasteiger partial charge in [0.1, 0.15) is 11.5 Å². The fraction of sp³-hybridized carbons (Fsp3) is 0.308. The fourth-order valence-corrected chi connectivity index (χ4v) is 4.02. The lowest BCUT2D eigenvalue weighted by atomic mass is 9.82. The molecule has 172 valence electrons. The zero-order valence-corrected chi connectivity index (χ0v) is 19.7. The number of nitrogens with one attached hydrogen (secondary N) is 1. The van der Waals surface area contributed by atoms with E-state index in [0.717, 1.165) is 5.69 Å². The number of pyridine rings is 1. The second kappa shape index (κ2) is 9.10. The van der Waals surface area contributed by atoms with Gasteiger partial charge in [-0.25, -0.2) is 4.39 Å². The van der Waals surface area contributed by atoms with Crippen molar-refractivity contribution in [3.8, 4) is 0 Å². The van der Waals surface area contributed by atoms with Gasteiger partial charge in [0.25, 0.3) is 5.91 Å². The van der Waals surface area contributed by atoms with E-state index in [4.69, 9.17) is 0 Å². The predicted octanol–water partition coefficient (Wildman–Crippen LogP) is 4.86. The summed E-state index contributed by atoms with van der Waals surface area (Å²) in [4.78, 5) is 43.4. The molecule has 0 aliphatic carbocycles. The van der Waals surface area contributed by atoms with Crippen LogP contribution in [0.15, 0.2) is 42.6 Å². The summed E-state index contributed by atoms with van der Waals surface area (Å²) in [6.45, 7) is 8.71. The van der Waals surface area contributed by atoms with Crippen LogP contribution in [0.2, 0.25) is 0 Å². The van der Waals surface area contributed by atoms with Crippen molar-refractivity contribution in [2.75, 3.05) is 5.32 Å². The normalized spacial score (nSPS) is 11.4. The first kappa shape index (κ1) is 24.0. The summed E-state index contributed by atoms with van der Waals surface area (Å²) in [5, 5.41) is 2.75. The number of carbonyl (C=O) groups is 3. The first-order valence-corrected chi connectivity index (χ1v) is 10.7. The van der Waals surface area contributed by atoms with Crippen LogP contribution in [0.3, 0.4) is 0 Å². The second-order valence-electron chi connectivity index (χ2n) is 8.94. The van der Waals surface area contributed by atoms with Crippen LogP contribution < -0.4 is 5.32 Å². The number of amides is 1. The van der Waals surface area contributed by atoms with Gasteiger partial charge in [-0.3, -0.25) is 19.4 Å². The van der Waals surface area contributed by atoms with E-state index in [2.05, 4.69) is 10.3 Å². The molecule has 1 N–H and O–H groups in total. The van der Waals surface area contributed by atoms with Crippen LogP contribution in [0.25, 0.3) is 0 Å². The lowest BCUT2D eigenvalue weighted by molar-refractivity contribution is -0.116. The minimum atomic E-state index is -0.624.